The molecule has 0 spiro atoms. The fourth-order valence-electron chi connectivity index (χ4n) is 4.83. The van der Waals surface area contributed by atoms with Gasteiger partial charge in [0.2, 0.25) is 5.91 Å². The summed E-state index contributed by atoms with van der Waals surface area (Å²) in [5.74, 6) is -2.85. The Morgan fingerprint density at radius 3 is 2.47 bits per heavy atom. The highest BCUT2D eigenvalue weighted by molar-refractivity contribution is 6.04. The van der Waals surface area contributed by atoms with E-state index in [9.17, 15) is 18.0 Å². The van der Waals surface area contributed by atoms with Crippen LogP contribution in [-0.2, 0) is 11.0 Å². The van der Waals surface area contributed by atoms with Gasteiger partial charge in [-0.05, 0) is 49.1 Å². The van der Waals surface area contributed by atoms with Crippen LogP contribution in [0.1, 0.15) is 30.0 Å². The molecule has 6 rings (SSSR count). The molecule has 6 nitrogen and oxygen atoms in total. The van der Waals surface area contributed by atoms with E-state index in [2.05, 4.69) is 20.2 Å². The maximum Gasteiger partial charge on any atom is 0.420 e. The number of fused-ring (bicyclic) bond motifs is 1. The maximum absolute atomic E-state index is 15.4. The normalized spacial score (nSPS) is 20.7. The number of H-pyrrole nitrogens is 2. The molecule has 2 atom stereocenters. The second-order valence-electron chi connectivity index (χ2n) is 8.63. The van der Waals surface area contributed by atoms with Crippen molar-refractivity contribution in [2.45, 2.75) is 25.1 Å². The lowest BCUT2D eigenvalue weighted by Crippen LogP contribution is -2.56. The van der Waals surface area contributed by atoms with E-state index < -0.39 is 41.0 Å². The highest BCUT2D eigenvalue weighted by Crippen LogP contribution is 2.55. The second-order valence-corrected chi connectivity index (χ2v) is 8.63. The number of aromatic nitrogens is 4. The molecule has 4 aromatic rings. The lowest BCUT2D eigenvalue weighted by atomic mass is 9.78. The molecule has 2 aromatic carbocycles. The first-order chi connectivity index (χ1) is 16.2. The molecule has 11 heteroatoms. The van der Waals surface area contributed by atoms with Gasteiger partial charge in [-0.1, -0.05) is 0 Å². The van der Waals surface area contributed by atoms with Crippen molar-refractivity contribution in [1.29, 1.82) is 0 Å². The lowest BCUT2D eigenvalue weighted by Gasteiger charge is -2.48. The van der Waals surface area contributed by atoms with Crippen molar-refractivity contribution >= 4 is 22.6 Å². The number of anilines is 1. The minimum Gasteiger partial charge on any atom is -0.345 e. The zero-order valence-corrected chi connectivity index (χ0v) is 17.3. The molecule has 2 aromatic heterocycles. The zero-order valence-electron chi connectivity index (χ0n) is 17.3. The summed E-state index contributed by atoms with van der Waals surface area (Å²) in [5.41, 5.74) is -0.506. The predicted octanol–water partition coefficient (Wildman–Crippen LogP) is 5.36. The summed E-state index contributed by atoms with van der Waals surface area (Å²) in [6.07, 6.45) is -1.11. The van der Waals surface area contributed by atoms with Crippen LogP contribution in [0.4, 0.5) is 27.6 Å². The number of carbonyl (C=O) groups excluding carboxylic acids is 1. The Balaban J connectivity index is 1.44. The van der Waals surface area contributed by atoms with E-state index >= 15 is 8.78 Å². The van der Waals surface area contributed by atoms with Gasteiger partial charge in [-0.25, -0.2) is 13.8 Å². The van der Waals surface area contributed by atoms with Gasteiger partial charge in [-0.2, -0.15) is 18.3 Å². The van der Waals surface area contributed by atoms with E-state index in [0.717, 1.165) is 25.0 Å². The number of rotatable bonds is 4. The van der Waals surface area contributed by atoms with E-state index in [1.807, 2.05) is 0 Å². The third-order valence-electron chi connectivity index (χ3n) is 6.56. The van der Waals surface area contributed by atoms with Crippen LogP contribution in [0.3, 0.4) is 0 Å². The molecule has 1 aliphatic heterocycles. The molecule has 1 amide bonds. The Hall–Kier alpha value is -3.76. The Labute approximate surface area is 188 Å². The molecule has 1 saturated carbocycles. The Morgan fingerprint density at radius 1 is 1.06 bits per heavy atom. The summed E-state index contributed by atoms with van der Waals surface area (Å²) < 4.78 is 70.5. The maximum atomic E-state index is 15.4. The highest BCUT2D eigenvalue weighted by atomic mass is 19.4. The molecular formula is C23H16F5N5O. The number of hydrogen-bond acceptors (Lipinski definition) is 3. The first-order valence-corrected chi connectivity index (χ1v) is 10.6. The number of β-lactam (4-membered cyclic amide) rings is 1. The van der Waals surface area contributed by atoms with Crippen molar-refractivity contribution in [3.05, 3.63) is 65.6 Å². The van der Waals surface area contributed by atoms with E-state index in [1.54, 1.807) is 18.2 Å². The van der Waals surface area contributed by atoms with Crippen LogP contribution in [0.25, 0.3) is 22.3 Å². The largest absolute Gasteiger partial charge is 0.420 e. The number of carbonyl (C=O) groups is 1. The van der Waals surface area contributed by atoms with Crippen LogP contribution in [0, 0.1) is 23.5 Å². The van der Waals surface area contributed by atoms with Gasteiger partial charge in [0.1, 0.15) is 17.2 Å². The third kappa shape index (κ3) is 3.10. The number of aromatic amines is 2. The summed E-state index contributed by atoms with van der Waals surface area (Å²) in [5, 5.41) is 5.56. The number of nitrogens with zero attached hydrogens (tertiary/aromatic N) is 3. The number of benzene rings is 2. The first-order valence-electron chi connectivity index (χ1n) is 10.6. The molecule has 2 aliphatic rings. The predicted molar refractivity (Wildman–Crippen MR) is 111 cm³/mol. The van der Waals surface area contributed by atoms with Crippen molar-refractivity contribution < 1.29 is 26.7 Å². The minimum absolute atomic E-state index is 0.0209. The van der Waals surface area contributed by atoms with Gasteiger partial charge in [0.05, 0.1) is 41.2 Å². The number of nitrogens with one attached hydrogen (secondary N) is 2. The van der Waals surface area contributed by atoms with Crippen molar-refractivity contribution in [3.8, 4) is 11.3 Å². The van der Waals surface area contributed by atoms with Gasteiger partial charge >= 0.3 is 6.18 Å². The van der Waals surface area contributed by atoms with Gasteiger partial charge < -0.3 is 9.88 Å². The average molecular weight is 473 g/mol. The van der Waals surface area contributed by atoms with Gasteiger partial charge in [0.25, 0.3) is 0 Å². The van der Waals surface area contributed by atoms with Crippen LogP contribution in [0.2, 0.25) is 0 Å². The lowest BCUT2D eigenvalue weighted by molar-refractivity contribution is -0.137. The van der Waals surface area contributed by atoms with E-state index in [0.29, 0.717) is 22.9 Å². The number of alkyl halides is 3. The van der Waals surface area contributed by atoms with Crippen molar-refractivity contribution in [2.24, 2.45) is 11.8 Å². The van der Waals surface area contributed by atoms with Crippen LogP contribution >= 0.6 is 0 Å². The number of imidazole rings is 1. The highest BCUT2D eigenvalue weighted by Gasteiger charge is 2.56. The van der Waals surface area contributed by atoms with Crippen LogP contribution in [0.5, 0.6) is 0 Å². The Morgan fingerprint density at radius 2 is 1.79 bits per heavy atom. The second kappa shape index (κ2) is 7.12. The molecular weight excluding hydrogens is 457 g/mol. The average Bonchev–Trinajstić information content (AvgIpc) is 3.26. The smallest absolute Gasteiger partial charge is 0.345 e. The summed E-state index contributed by atoms with van der Waals surface area (Å²) in [4.78, 5) is 21.5. The topological polar surface area (TPSA) is 77.7 Å². The first kappa shape index (κ1) is 20.8. The zero-order chi connectivity index (χ0) is 23.8. The molecule has 34 heavy (non-hydrogen) atoms. The molecule has 1 aliphatic carbocycles. The van der Waals surface area contributed by atoms with Crippen molar-refractivity contribution in [1.82, 2.24) is 20.2 Å². The fraction of sp³-hybridized carbons (Fsp3) is 0.261. The SMILES string of the molecule is O=C1C(C2CC2)C(c2c(F)cc(-c3[nH]ncc3C(F)(F)F)cc2F)N1c1ccc2nc[nH]c2c1. The monoisotopic (exact) mass is 473 g/mol. The summed E-state index contributed by atoms with van der Waals surface area (Å²) in [6, 6.07) is 5.83. The van der Waals surface area contributed by atoms with Crippen LogP contribution in [0.15, 0.2) is 42.9 Å². The summed E-state index contributed by atoms with van der Waals surface area (Å²) >= 11 is 0. The summed E-state index contributed by atoms with van der Waals surface area (Å²) in [6.45, 7) is 0. The number of halogens is 5. The molecule has 2 N–H and O–H groups in total. The Kier molecular flexibility index (Phi) is 4.36. The molecule has 2 fully saturated rings. The van der Waals surface area contributed by atoms with Crippen molar-refractivity contribution in [2.75, 3.05) is 4.90 Å². The molecule has 3 heterocycles. The van der Waals surface area contributed by atoms with Gasteiger partial charge in [0.15, 0.2) is 0 Å². The van der Waals surface area contributed by atoms with E-state index in [4.69, 9.17) is 0 Å². The third-order valence-corrected chi connectivity index (χ3v) is 6.56. The van der Waals surface area contributed by atoms with Crippen molar-refractivity contribution in [3.63, 3.8) is 0 Å². The quantitative estimate of drug-likeness (QED) is 0.309. The molecule has 174 valence electrons. The molecule has 0 bridgehead atoms. The fourth-order valence-corrected chi connectivity index (χ4v) is 4.83. The van der Waals surface area contributed by atoms with Gasteiger partial charge in [0, 0.05) is 16.8 Å². The van der Waals surface area contributed by atoms with E-state index in [-0.39, 0.29) is 23.0 Å². The Bertz CT molecular complexity index is 1410. The van der Waals surface area contributed by atoms with E-state index in [1.165, 1.54) is 11.2 Å². The number of hydrogen-bond donors (Lipinski definition) is 2. The molecule has 2 unspecified atom stereocenters. The molecule has 1 saturated heterocycles. The number of amides is 1. The molecule has 0 radical (unpaired) electrons. The van der Waals surface area contributed by atoms with Crippen LogP contribution < -0.4 is 4.90 Å². The minimum atomic E-state index is -4.74. The van der Waals surface area contributed by atoms with Gasteiger partial charge in [-0.3, -0.25) is 9.89 Å². The summed E-state index contributed by atoms with van der Waals surface area (Å²) in [7, 11) is 0. The van der Waals surface area contributed by atoms with Crippen LogP contribution in [-0.4, -0.2) is 26.1 Å². The standard InChI is InChI=1S/C23H16F5N5O/c24-14-5-11(20-13(8-31-32-20)23(26,27)28)6-15(25)19(14)21-18(10-1-2-10)22(34)33(21)12-3-4-16-17(7-12)30-9-29-16/h3-10,18,21H,1-2H2,(H,29,30)(H,31,32). The van der Waals surface area contributed by atoms with Gasteiger partial charge in [-0.15, -0.1) is 0 Å².